The second-order valence-corrected chi connectivity index (χ2v) is 6.21. The van der Waals surface area contributed by atoms with Crippen molar-refractivity contribution in [3.63, 3.8) is 0 Å². The van der Waals surface area contributed by atoms with Gasteiger partial charge in [-0.2, -0.15) is 5.26 Å². The molecule has 3 rings (SSSR count). The van der Waals surface area contributed by atoms with Crippen LogP contribution in [0.1, 0.15) is 31.7 Å². The number of carbonyl (C=O) groups is 1. The molecule has 0 spiro atoms. The molecule has 2 aromatic rings. The Hall–Kier alpha value is -2.81. The van der Waals surface area contributed by atoms with E-state index in [1.54, 1.807) is 24.5 Å². The van der Waals surface area contributed by atoms with Gasteiger partial charge in [0.05, 0.1) is 25.5 Å². The zero-order valence-electron chi connectivity index (χ0n) is 14.4. The summed E-state index contributed by atoms with van der Waals surface area (Å²) in [4.78, 5) is 15.8. The number of aromatic nitrogens is 1. The second-order valence-electron chi connectivity index (χ2n) is 6.21. The van der Waals surface area contributed by atoms with Crippen LogP contribution in [0.2, 0.25) is 0 Å². The summed E-state index contributed by atoms with van der Waals surface area (Å²) in [6, 6.07) is 5.84. The van der Waals surface area contributed by atoms with Gasteiger partial charge in [-0.15, -0.1) is 0 Å². The normalized spacial score (nSPS) is 19.5. The van der Waals surface area contributed by atoms with E-state index in [4.69, 9.17) is 9.47 Å². The van der Waals surface area contributed by atoms with Gasteiger partial charge in [-0.25, -0.2) is 0 Å². The number of ether oxygens (including phenoxy) is 2. The third kappa shape index (κ3) is 3.50. The molecule has 1 aromatic heterocycles. The topological polar surface area (TPSA) is 84.2 Å². The first kappa shape index (κ1) is 17.0. The maximum Gasteiger partial charge on any atom is 0.220 e. The molecule has 1 aliphatic heterocycles. The van der Waals surface area contributed by atoms with Crippen LogP contribution in [-0.2, 0) is 4.79 Å². The van der Waals surface area contributed by atoms with Crippen LogP contribution in [0.3, 0.4) is 0 Å². The minimum absolute atomic E-state index is 0.123. The maximum atomic E-state index is 11.6. The first-order valence-electron chi connectivity index (χ1n) is 8.44. The monoisotopic (exact) mass is 339 g/mol. The molecule has 0 saturated carbocycles. The van der Waals surface area contributed by atoms with Gasteiger partial charge in [0.25, 0.3) is 0 Å². The van der Waals surface area contributed by atoms with E-state index in [2.05, 4.69) is 23.3 Å². The van der Waals surface area contributed by atoms with E-state index in [-0.39, 0.29) is 11.9 Å². The number of rotatable bonds is 6. The summed E-state index contributed by atoms with van der Waals surface area (Å²) in [5.41, 5.74) is 0.466. The van der Waals surface area contributed by atoms with Gasteiger partial charge in [0.1, 0.15) is 17.6 Å². The zero-order chi connectivity index (χ0) is 17.8. The van der Waals surface area contributed by atoms with E-state index in [9.17, 15) is 10.1 Å². The number of nitrogens with zero attached hydrogens (tertiary/aromatic N) is 2. The first-order valence-corrected chi connectivity index (χ1v) is 8.44. The first-order chi connectivity index (χ1) is 12.2. The number of hydrogen-bond acceptors (Lipinski definition) is 5. The predicted octanol–water partition coefficient (Wildman–Crippen LogP) is 2.80. The molecule has 1 saturated heterocycles. The Balaban J connectivity index is 1.75. The summed E-state index contributed by atoms with van der Waals surface area (Å²) in [6.45, 7) is 2.59. The number of hydrogen-bond donors (Lipinski definition) is 1. The number of carbonyl (C=O) groups excluding carboxylic acids is 1. The van der Waals surface area contributed by atoms with Gasteiger partial charge in [-0.3, -0.25) is 9.78 Å². The number of amides is 1. The number of benzene rings is 1. The number of nitriles is 1. The lowest BCUT2D eigenvalue weighted by molar-refractivity contribution is -0.119. The number of nitrogens with one attached hydrogen (secondary N) is 1. The van der Waals surface area contributed by atoms with Gasteiger partial charge < -0.3 is 14.8 Å². The van der Waals surface area contributed by atoms with Crippen LogP contribution >= 0.6 is 0 Å². The molecule has 130 valence electrons. The highest BCUT2D eigenvalue weighted by Crippen LogP contribution is 2.31. The molecule has 0 unspecified atom stereocenters. The summed E-state index contributed by atoms with van der Waals surface area (Å²) >= 11 is 0. The fourth-order valence-electron chi connectivity index (χ4n) is 3.34. The molecule has 1 amide bonds. The third-order valence-corrected chi connectivity index (χ3v) is 4.74. The van der Waals surface area contributed by atoms with Crippen molar-refractivity contribution in [2.75, 3.05) is 13.7 Å². The van der Waals surface area contributed by atoms with Crippen LogP contribution in [0.4, 0.5) is 0 Å². The fourth-order valence-corrected chi connectivity index (χ4v) is 3.34. The molecular weight excluding hydrogens is 318 g/mol. The Bertz CT molecular complexity index is 829. The maximum absolute atomic E-state index is 11.6. The summed E-state index contributed by atoms with van der Waals surface area (Å²) in [7, 11) is 1.54. The Morgan fingerprint density at radius 1 is 1.36 bits per heavy atom. The summed E-state index contributed by atoms with van der Waals surface area (Å²) in [6.07, 6.45) is 5.71. The van der Waals surface area contributed by atoms with Crippen LogP contribution in [0.25, 0.3) is 10.8 Å². The predicted molar refractivity (Wildman–Crippen MR) is 93.5 cm³/mol. The van der Waals surface area contributed by atoms with E-state index >= 15 is 0 Å². The number of methoxy groups -OCH3 is 1. The van der Waals surface area contributed by atoms with Crippen molar-refractivity contribution in [3.05, 3.63) is 30.1 Å². The van der Waals surface area contributed by atoms with Crippen molar-refractivity contribution >= 4 is 16.7 Å². The Morgan fingerprint density at radius 2 is 2.20 bits per heavy atom. The molecule has 0 radical (unpaired) electrons. The Labute approximate surface area is 146 Å². The molecule has 1 fully saturated rings. The molecular formula is C19H21N3O3. The smallest absolute Gasteiger partial charge is 0.220 e. The molecule has 1 N–H and O–H groups in total. The lowest BCUT2D eigenvalue weighted by Gasteiger charge is -2.18. The van der Waals surface area contributed by atoms with Gasteiger partial charge >= 0.3 is 0 Å². The van der Waals surface area contributed by atoms with Gasteiger partial charge in [-0.05, 0) is 18.1 Å². The largest absolute Gasteiger partial charge is 0.495 e. The average molecular weight is 339 g/mol. The van der Waals surface area contributed by atoms with Crippen LogP contribution in [0.5, 0.6) is 11.5 Å². The van der Waals surface area contributed by atoms with Gasteiger partial charge in [0, 0.05) is 35.9 Å². The lowest BCUT2D eigenvalue weighted by atomic mass is 9.96. The minimum Gasteiger partial charge on any atom is -0.495 e. The SMILES string of the molecule is CC[C@@H]1CC(=O)N[C@@H]1CCOc1cncc2cc(C#N)c(OC)cc12. The van der Waals surface area contributed by atoms with Crippen molar-refractivity contribution < 1.29 is 14.3 Å². The van der Waals surface area contributed by atoms with Crippen molar-refractivity contribution in [2.24, 2.45) is 5.92 Å². The second kappa shape index (κ2) is 7.39. The quantitative estimate of drug-likeness (QED) is 0.875. The standard InChI is InChI=1S/C19H21N3O3/c1-3-12-7-19(23)22-16(12)4-5-25-18-11-21-10-14-6-13(9-20)17(24-2)8-15(14)18/h6,8,10-12,16H,3-5,7H2,1-2H3,(H,22,23)/t12-,16-/m1/s1. The Kier molecular flexibility index (Phi) is 5.03. The summed E-state index contributed by atoms with van der Waals surface area (Å²) < 4.78 is 11.2. The molecule has 6 nitrogen and oxygen atoms in total. The highest BCUT2D eigenvalue weighted by atomic mass is 16.5. The zero-order valence-corrected chi connectivity index (χ0v) is 14.4. The summed E-state index contributed by atoms with van der Waals surface area (Å²) in [5, 5.41) is 13.9. The lowest BCUT2D eigenvalue weighted by Crippen LogP contribution is -2.30. The molecule has 0 bridgehead atoms. The molecule has 1 aliphatic rings. The van der Waals surface area contributed by atoms with Gasteiger partial charge in [0.2, 0.25) is 5.91 Å². The van der Waals surface area contributed by atoms with E-state index in [0.717, 1.165) is 23.6 Å². The van der Waals surface area contributed by atoms with Crippen LogP contribution in [-0.4, -0.2) is 30.6 Å². The number of pyridine rings is 1. The molecule has 6 heteroatoms. The summed E-state index contributed by atoms with van der Waals surface area (Å²) in [5.74, 6) is 1.66. The van der Waals surface area contributed by atoms with Crippen molar-refractivity contribution in [3.8, 4) is 17.6 Å². The highest BCUT2D eigenvalue weighted by Gasteiger charge is 2.30. The molecule has 0 aliphatic carbocycles. The highest BCUT2D eigenvalue weighted by molar-refractivity contribution is 5.90. The van der Waals surface area contributed by atoms with E-state index in [0.29, 0.717) is 36.0 Å². The third-order valence-electron chi connectivity index (χ3n) is 4.74. The molecule has 2 atom stereocenters. The van der Waals surface area contributed by atoms with Crippen LogP contribution < -0.4 is 14.8 Å². The molecule has 2 heterocycles. The van der Waals surface area contributed by atoms with Gasteiger partial charge in [0.15, 0.2) is 0 Å². The Morgan fingerprint density at radius 3 is 2.92 bits per heavy atom. The minimum atomic E-state index is 0.123. The van der Waals surface area contributed by atoms with Crippen molar-refractivity contribution in [1.29, 1.82) is 5.26 Å². The molecule has 25 heavy (non-hydrogen) atoms. The van der Waals surface area contributed by atoms with Gasteiger partial charge in [-0.1, -0.05) is 13.3 Å². The van der Waals surface area contributed by atoms with Crippen LogP contribution in [0, 0.1) is 17.2 Å². The van der Waals surface area contributed by atoms with Crippen LogP contribution in [0.15, 0.2) is 24.5 Å². The average Bonchev–Trinajstić information content (AvgIpc) is 3.00. The van der Waals surface area contributed by atoms with E-state index in [1.807, 2.05) is 0 Å². The van der Waals surface area contributed by atoms with E-state index < -0.39 is 0 Å². The molecule has 1 aromatic carbocycles. The van der Waals surface area contributed by atoms with E-state index in [1.165, 1.54) is 7.11 Å². The fraction of sp³-hybridized carbons (Fsp3) is 0.421. The number of fused-ring (bicyclic) bond motifs is 1. The van der Waals surface area contributed by atoms with Crippen molar-refractivity contribution in [2.45, 2.75) is 32.2 Å². The van der Waals surface area contributed by atoms with Crippen molar-refractivity contribution in [1.82, 2.24) is 10.3 Å².